The summed E-state index contributed by atoms with van der Waals surface area (Å²) in [6.07, 6.45) is -9.21. The smallest absolute Gasteiger partial charge is 0.319 e. The Bertz CT molecular complexity index is 1920. The van der Waals surface area contributed by atoms with Crippen molar-refractivity contribution in [2.45, 2.75) is 185 Å². The van der Waals surface area contributed by atoms with Crippen LogP contribution in [-0.2, 0) is 33.2 Å². The number of rotatable bonds is 11. The van der Waals surface area contributed by atoms with E-state index in [1.54, 1.807) is 48.5 Å². The molecule has 2 aromatic rings. The van der Waals surface area contributed by atoms with Gasteiger partial charge in [0.05, 0.1) is 47.2 Å². The first kappa shape index (κ1) is 54.9. The molecule has 0 radical (unpaired) electrons. The van der Waals surface area contributed by atoms with E-state index in [1.165, 1.54) is 14.0 Å². The highest BCUT2D eigenvalue weighted by Gasteiger charge is 2.53. The topological polar surface area (TPSA) is 221 Å². The maximum absolute atomic E-state index is 14.6. The largest absolute Gasteiger partial charge is 0.459 e. The average Bonchev–Trinajstić information content (AvgIpc) is 3.27. The summed E-state index contributed by atoms with van der Waals surface area (Å²) in [5.41, 5.74) is -4.04. The van der Waals surface area contributed by atoms with Gasteiger partial charge in [-0.1, -0.05) is 57.2 Å². The van der Waals surface area contributed by atoms with Gasteiger partial charge < -0.3 is 69.5 Å². The Labute approximate surface area is 397 Å². The van der Waals surface area contributed by atoms with Gasteiger partial charge in [0.1, 0.15) is 30.0 Å². The molecule has 3 heterocycles. The van der Waals surface area contributed by atoms with Crippen molar-refractivity contribution >= 4 is 28.5 Å². The molecule has 5 rings (SSSR count). The van der Waals surface area contributed by atoms with Gasteiger partial charge >= 0.3 is 12.0 Å². The number of anilines is 1. The number of esters is 1. The average molecular weight is 947 g/mol. The zero-order valence-corrected chi connectivity index (χ0v) is 42.0. The van der Waals surface area contributed by atoms with Gasteiger partial charge in [-0.2, -0.15) is 0 Å². The van der Waals surface area contributed by atoms with E-state index in [9.17, 15) is 35.1 Å². The van der Waals surface area contributed by atoms with Crippen molar-refractivity contribution in [1.82, 2.24) is 15.1 Å². The second kappa shape index (κ2) is 22.8. The number of hydrogen-bond donors (Lipinski definition) is 7. The first-order valence-corrected chi connectivity index (χ1v) is 24.1. The van der Waals surface area contributed by atoms with E-state index < -0.39 is 102 Å². The number of carbonyl (C=O) groups is 2. The Morgan fingerprint density at radius 3 is 2.25 bits per heavy atom. The van der Waals surface area contributed by atoms with Crippen LogP contribution in [0.4, 0.5) is 10.5 Å². The highest BCUT2D eigenvalue weighted by molar-refractivity contribution is 6.01. The van der Waals surface area contributed by atoms with E-state index in [2.05, 4.69) is 10.6 Å². The van der Waals surface area contributed by atoms with Crippen LogP contribution in [-0.4, -0.2) is 178 Å². The van der Waals surface area contributed by atoms with Crippen molar-refractivity contribution in [3.63, 3.8) is 0 Å². The van der Waals surface area contributed by atoms with Gasteiger partial charge in [0.25, 0.3) is 0 Å². The van der Waals surface area contributed by atoms with Crippen LogP contribution in [0.2, 0.25) is 0 Å². The molecule has 3 fully saturated rings. The van der Waals surface area contributed by atoms with Gasteiger partial charge in [-0.25, -0.2) is 4.79 Å². The minimum absolute atomic E-state index is 0.0946. The van der Waals surface area contributed by atoms with Crippen LogP contribution in [0.15, 0.2) is 42.5 Å². The Balaban J connectivity index is 1.51. The third-order valence-electron chi connectivity index (χ3n) is 14.8. The van der Waals surface area contributed by atoms with Crippen LogP contribution >= 0.6 is 0 Å². The molecule has 0 bridgehead atoms. The number of nitrogens with zero attached hydrogens (tertiary/aromatic N) is 2. The van der Waals surface area contributed by atoms with Crippen molar-refractivity contribution < 1.29 is 63.5 Å². The van der Waals surface area contributed by atoms with E-state index in [-0.39, 0.29) is 50.4 Å². The number of aliphatic hydroxyl groups is 5. The van der Waals surface area contributed by atoms with E-state index in [4.69, 9.17) is 28.4 Å². The number of aliphatic hydroxyl groups excluding tert-OH is 3. The third kappa shape index (κ3) is 12.8. The molecule has 3 aliphatic heterocycles. The van der Waals surface area contributed by atoms with E-state index in [0.717, 1.165) is 10.8 Å². The summed E-state index contributed by atoms with van der Waals surface area (Å²) in [6, 6.07) is 11.9. The lowest BCUT2D eigenvalue weighted by atomic mass is 9.77. The van der Waals surface area contributed by atoms with Crippen LogP contribution in [0.1, 0.15) is 94.9 Å². The Morgan fingerprint density at radius 1 is 0.925 bits per heavy atom. The van der Waals surface area contributed by atoms with Crippen molar-refractivity contribution in [2.24, 2.45) is 17.8 Å². The standard InChI is InChI=1S/C50H82N4O13/c1-14-38-50(10,61)42(56)32(6)54(23-22-51-47(59)52-36-21-17-19-34-18-15-16-20-35(34)36)27-28(2)25-48(8,60)44(67-46-40(55)37(53(11)12)24-29(3)63-46)30(4)41(31(5)45(58)65-38)66-39-26-49(9,62-13)43(57)33(7)64-39/h15-21,28-33,37-44,46,55-57,60-61H,14,22-27H2,1-13H3,(H2,51,52,59)/t28-,29-,30+,31-,32-,33+,37+,38-,39-,40-,41+,42-,43+,44-,46+,48-,49-,50-/m1/s1. The summed E-state index contributed by atoms with van der Waals surface area (Å²) >= 11 is 0. The van der Waals surface area contributed by atoms with E-state index >= 15 is 0 Å². The SMILES string of the molecule is CC[C@H]1OC(=O)[C@H](C)[C@@H](O[C@@H]2C[C@@](C)(OC)[C@@H](O)[C@H](C)O2)[C@H](C)[C@@H](O[C@@H]2O[C@H](C)C[C@H](N(C)C)[C@H]2O)[C@](C)(O)C[C@@H](C)CN(CCNC(=O)Nc2cccc3ccccc23)[C@H](C)[C@@H](O)[C@]1(C)O. The van der Waals surface area contributed by atoms with Crippen LogP contribution in [0.3, 0.4) is 0 Å². The number of nitrogens with one attached hydrogen (secondary N) is 2. The maximum Gasteiger partial charge on any atom is 0.319 e. The number of benzene rings is 2. The summed E-state index contributed by atoms with van der Waals surface area (Å²) in [6.45, 7) is 18.1. The molecule has 0 saturated carbocycles. The Kier molecular flexibility index (Phi) is 18.7. The zero-order valence-electron chi connectivity index (χ0n) is 42.0. The maximum atomic E-state index is 14.6. The number of cyclic esters (lactones) is 1. The molecule has 2 aromatic carbocycles. The number of carbonyl (C=O) groups excluding carboxylic acids is 2. The molecule has 0 spiro atoms. The van der Waals surface area contributed by atoms with Gasteiger partial charge in [-0.15, -0.1) is 0 Å². The molecule has 7 N–H and O–H groups in total. The van der Waals surface area contributed by atoms with Gasteiger partial charge in [0, 0.05) is 56.6 Å². The van der Waals surface area contributed by atoms with Gasteiger partial charge in [-0.3, -0.25) is 9.69 Å². The third-order valence-corrected chi connectivity index (χ3v) is 14.8. The Hall–Kier alpha value is -3.04. The fraction of sp³-hybridized carbons (Fsp3) is 0.760. The van der Waals surface area contributed by atoms with Gasteiger partial charge in [0.15, 0.2) is 12.6 Å². The van der Waals surface area contributed by atoms with Crippen LogP contribution < -0.4 is 10.6 Å². The predicted molar refractivity (Wildman–Crippen MR) is 254 cm³/mol. The first-order valence-electron chi connectivity index (χ1n) is 24.1. The molecule has 3 aliphatic rings. The van der Waals surface area contributed by atoms with Crippen molar-refractivity contribution in [3.05, 3.63) is 42.5 Å². The number of methoxy groups -OCH3 is 1. The monoisotopic (exact) mass is 947 g/mol. The summed E-state index contributed by atoms with van der Waals surface area (Å²) in [5, 5.41) is 67.7. The number of urea groups is 1. The molecular weight excluding hydrogens is 865 g/mol. The summed E-state index contributed by atoms with van der Waals surface area (Å²) in [5.74, 6) is -2.95. The quantitative estimate of drug-likeness (QED) is 0.157. The van der Waals surface area contributed by atoms with Gasteiger partial charge in [-0.05, 0) is 99.2 Å². The first-order chi connectivity index (χ1) is 31.3. The van der Waals surface area contributed by atoms with Crippen molar-refractivity contribution in [1.29, 1.82) is 0 Å². The molecule has 2 amide bonds. The van der Waals surface area contributed by atoms with Gasteiger partial charge in [0.2, 0.25) is 0 Å². The second-order valence-electron chi connectivity index (χ2n) is 20.6. The number of amides is 2. The lowest BCUT2D eigenvalue weighted by Crippen LogP contribution is -2.60. The normalized spacial score (nSPS) is 41.0. The van der Waals surface area contributed by atoms with Crippen LogP contribution in [0, 0.1) is 17.8 Å². The number of likely N-dealkylation sites (N-methyl/N-ethyl adjacent to an activating group) is 1. The predicted octanol–water partition coefficient (Wildman–Crippen LogP) is 4.25. The van der Waals surface area contributed by atoms with Crippen LogP contribution in [0.25, 0.3) is 10.8 Å². The molecule has 67 heavy (non-hydrogen) atoms. The summed E-state index contributed by atoms with van der Waals surface area (Å²) in [7, 11) is 5.25. The zero-order chi connectivity index (χ0) is 49.8. The highest BCUT2D eigenvalue weighted by Crippen LogP contribution is 2.40. The number of fused-ring (bicyclic) bond motifs is 1. The summed E-state index contributed by atoms with van der Waals surface area (Å²) < 4.78 is 38.1. The minimum atomic E-state index is -1.95. The highest BCUT2D eigenvalue weighted by atomic mass is 16.7. The molecule has 17 heteroatoms. The fourth-order valence-electron chi connectivity index (χ4n) is 10.7. The lowest BCUT2D eigenvalue weighted by molar-refractivity contribution is -0.318. The van der Waals surface area contributed by atoms with Crippen molar-refractivity contribution in [2.75, 3.05) is 46.2 Å². The molecule has 18 atom stereocenters. The second-order valence-corrected chi connectivity index (χ2v) is 20.6. The molecule has 380 valence electrons. The number of ether oxygens (including phenoxy) is 6. The molecule has 3 saturated heterocycles. The molecular formula is C50H82N4O13. The van der Waals surface area contributed by atoms with Crippen LogP contribution in [0.5, 0.6) is 0 Å². The Morgan fingerprint density at radius 2 is 1.60 bits per heavy atom. The molecule has 0 aliphatic carbocycles. The van der Waals surface area contributed by atoms with Crippen molar-refractivity contribution in [3.8, 4) is 0 Å². The van der Waals surface area contributed by atoms with E-state index in [1.807, 2.05) is 80.2 Å². The fourth-order valence-corrected chi connectivity index (χ4v) is 10.7. The minimum Gasteiger partial charge on any atom is -0.459 e. The molecule has 17 nitrogen and oxygen atoms in total. The summed E-state index contributed by atoms with van der Waals surface area (Å²) in [4.78, 5) is 31.7. The number of hydrogen-bond acceptors (Lipinski definition) is 15. The molecule has 0 aromatic heterocycles. The van der Waals surface area contributed by atoms with E-state index in [0.29, 0.717) is 18.7 Å². The lowest BCUT2D eigenvalue weighted by Gasteiger charge is -2.48. The molecule has 0 unspecified atom stereocenters.